The highest BCUT2D eigenvalue weighted by Gasteiger charge is 2.46. The summed E-state index contributed by atoms with van der Waals surface area (Å²) < 4.78 is 2.62. The van der Waals surface area contributed by atoms with Crippen molar-refractivity contribution in [2.75, 3.05) is 4.81 Å². The number of benzene rings is 5. The van der Waals surface area contributed by atoms with Crippen molar-refractivity contribution in [1.29, 1.82) is 0 Å². The molecule has 0 saturated carbocycles. The predicted molar refractivity (Wildman–Crippen MR) is 142 cm³/mol. The third-order valence-corrected chi connectivity index (χ3v) is 8.16. The number of rotatable bonds is 0. The SMILES string of the molecule is c1ccc2c(c1)Cc1cccc3c1N2B1c2c-3cccc2-c2cccc3c4ccccc4n1c23. The van der Waals surface area contributed by atoms with Gasteiger partial charge in [0.2, 0.25) is 0 Å². The van der Waals surface area contributed by atoms with Gasteiger partial charge in [-0.25, -0.2) is 0 Å². The maximum Gasteiger partial charge on any atom is 0.422 e. The smallest absolute Gasteiger partial charge is 0.361 e. The van der Waals surface area contributed by atoms with Crippen molar-refractivity contribution in [3.63, 3.8) is 0 Å². The summed E-state index contributed by atoms with van der Waals surface area (Å²) in [6.45, 7) is 0.0820. The van der Waals surface area contributed by atoms with E-state index >= 15 is 0 Å². The summed E-state index contributed by atoms with van der Waals surface area (Å²) in [4.78, 5) is 2.64. The predicted octanol–water partition coefficient (Wildman–Crippen LogP) is 6.74. The molecule has 0 atom stereocenters. The summed E-state index contributed by atoms with van der Waals surface area (Å²) >= 11 is 0. The molecule has 3 heteroatoms. The van der Waals surface area contributed by atoms with E-state index in [0.29, 0.717) is 0 Å². The van der Waals surface area contributed by atoms with E-state index < -0.39 is 0 Å². The second-order valence-electron chi connectivity index (χ2n) is 9.72. The van der Waals surface area contributed by atoms with Gasteiger partial charge in [0, 0.05) is 50.7 Å². The Labute approximate surface area is 197 Å². The van der Waals surface area contributed by atoms with E-state index in [4.69, 9.17) is 0 Å². The Morgan fingerprint density at radius 1 is 0.559 bits per heavy atom. The van der Waals surface area contributed by atoms with Crippen LogP contribution in [0.4, 0.5) is 11.4 Å². The van der Waals surface area contributed by atoms with Gasteiger partial charge in [0.25, 0.3) is 0 Å². The van der Waals surface area contributed by atoms with Crippen molar-refractivity contribution in [1.82, 2.24) is 4.48 Å². The molecule has 0 aliphatic carbocycles. The van der Waals surface area contributed by atoms with Crippen molar-refractivity contribution >= 4 is 45.6 Å². The average molecular weight is 430 g/mol. The normalized spacial score (nSPS) is 14.2. The van der Waals surface area contributed by atoms with Crippen LogP contribution in [0, 0.1) is 0 Å². The average Bonchev–Trinajstić information content (AvgIpc) is 3.23. The lowest BCUT2D eigenvalue weighted by Crippen LogP contribution is -2.57. The van der Waals surface area contributed by atoms with E-state index in [-0.39, 0.29) is 6.98 Å². The molecule has 5 aromatic carbocycles. The van der Waals surface area contributed by atoms with Gasteiger partial charge in [-0.05, 0) is 39.8 Å². The third-order valence-electron chi connectivity index (χ3n) is 8.16. The van der Waals surface area contributed by atoms with Crippen LogP contribution in [-0.2, 0) is 6.42 Å². The minimum absolute atomic E-state index is 0.0820. The van der Waals surface area contributed by atoms with E-state index in [9.17, 15) is 0 Å². The van der Waals surface area contributed by atoms with Crippen molar-refractivity contribution in [3.05, 3.63) is 114 Å². The molecular weight excluding hydrogens is 411 g/mol. The van der Waals surface area contributed by atoms with E-state index in [2.05, 4.69) is 112 Å². The van der Waals surface area contributed by atoms with Gasteiger partial charge in [-0.3, -0.25) is 0 Å². The fraction of sp³-hybridized carbons (Fsp3) is 0.0323. The van der Waals surface area contributed by atoms with Gasteiger partial charge >= 0.3 is 6.98 Å². The van der Waals surface area contributed by atoms with Gasteiger partial charge in [0.1, 0.15) is 0 Å². The molecule has 0 N–H and O–H groups in total. The first kappa shape index (κ1) is 17.3. The Bertz CT molecular complexity index is 1860. The Hall–Kier alpha value is -4.24. The lowest BCUT2D eigenvalue weighted by Gasteiger charge is -2.45. The van der Waals surface area contributed by atoms with Gasteiger partial charge in [0.05, 0.1) is 0 Å². The number of para-hydroxylation sites is 4. The second kappa shape index (κ2) is 5.81. The second-order valence-corrected chi connectivity index (χ2v) is 9.72. The Morgan fingerprint density at radius 2 is 1.24 bits per heavy atom. The molecule has 1 aromatic heterocycles. The van der Waals surface area contributed by atoms with E-state index in [1.54, 1.807) is 0 Å². The Balaban J connectivity index is 1.54. The van der Waals surface area contributed by atoms with Crippen molar-refractivity contribution in [2.45, 2.75) is 6.42 Å². The fourth-order valence-electron chi connectivity index (χ4n) is 6.92. The molecule has 0 spiro atoms. The van der Waals surface area contributed by atoms with Crippen molar-refractivity contribution in [3.8, 4) is 22.3 Å². The van der Waals surface area contributed by atoms with Gasteiger partial charge in [-0.15, -0.1) is 0 Å². The van der Waals surface area contributed by atoms with Crippen molar-refractivity contribution in [2.24, 2.45) is 0 Å². The van der Waals surface area contributed by atoms with Gasteiger partial charge in [-0.1, -0.05) is 91.0 Å². The molecule has 3 aliphatic rings. The molecule has 0 amide bonds. The summed E-state index contributed by atoms with van der Waals surface area (Å²) in [7, 11) is 0. The highest BCUT2D eigenvalue weighted by atomic mass is 15.2. The van der Waals surface area contributed by atoms with E-state index in [1.807, 2.05) is 0 Å². The first-order chi connectivity index (χ1) is 16.9. The van der Waals surface area contributed by atoms with Gasteiger partial charge in [0.15, 0.2) is 0 Å². The molecule has 156 valence electrons. The first-order valence-corrected chi connectivity index (χ1v) is 12.0. The number of fused-ring (bicyclic) bond motifs is 9. The van der Waals surface area contributed by atoms with Crippen LogP contribution >= 0.6 is 0 Å². The molecule has 4 heterocycles. The van der Waals surface area contributed by atoms with Crippen LogP contribution in [0.3, 0.4) is 0 Å². The molecule has 0 radical (unpaired) electrons. The maximum absolute atomic E-state index is 2.64. The zero-order valence-corrected chi connectivity index (χ0v) is 18.5. The highest BCUT2D eigenvalue weighted by molar-refractivity contribution is 6.82. The van der Waals surface area contributed by atoms with Crippen LogP contribution in [0.2, 0.25) is 0 Å². The monoisotopic (exact) mass is 430 g/mol. The zero-order chi connectivity index (χ0) is 22.0. The fourth-order valence-corrected chi connectivity index (χ4v) is 6.92. The molecule has 6 aromatic rings. The minimum atomic E-state index is 0.0820. The summed E-state index contributed by atoms with van der Waals surface area (Å²) in [5, 5.41) is 2.67. The van der Waals surface area contributed by atoms with Crippen LogP contribution in [0.15, 0.2) is 103 Å². The highest BCUT2D eigenvalue weighted by Crippen LogP contribution is 2.51. The largest absolute Gasteiger partial charge is 0.422 e. The first-order valence-electron chi connectivity index (χ1n) is 12.0. The molecule has 0 saturated heterocycles. The molecule has 0 fully saturated rings. The van der Waals surface area contributed by atoms with E-state index in [1.165, 1.54) is 72.0 Å². The molecule has 9 rings (SSSR count). The lowest BCUT2D eigenvalue weighted by atomic mass is 9.54. The summed E-state index contributed by atoms with van der Waals surface area (Å²) in [5.41, 5.74) is 15.0. The number of nitrogens with zero attached hydrogens (tertiary/aromatic N) is 2. The quantitative estimate of drug-likeness (QED) is 0.242. The van der Waals surface area contributed by atoms with E-state index in [0.717, 1.165) is 6.42 Å². The Morgan fingerprint density at radius 3 is 2.21 bits per heavy atom. The minimum Gasteiger partial charge on any atom is -0.361 e. The molecule has 2 nitrogen and oxygen atoms in total. The lowest BCUT2D eigenvalue weighted by molar-refractivity contribution is 1.09. The number of hydrogen-bond donors (Lipinski definition) is 0. The van der Waals surface area contributed by atoms with Crippen LogP contribution in [0.25, 0.3) is 44.1 Å². The maximum atomic E-state index is 2.64. The van der Waals surface area contributed by atoms with Crippen LogP contribution in [0.1, 0.15) is 11.1 Å². The zero-order valence-electron chi connectivity index (χ0n) is 18.5. The van der Waals surface area contributed by atoms with Crippen LogP contribution in [-0.4, -0.2) is 11.5 Å². The Kier molecular flexibility index (Phi) is 2.95. The van der Waals surface area contributed by atoms with Crippen molar-refractivity contribution < 1.29 is 0 Å². The molecule has 0 bridgehead atoms. The standard InChI is InChI=1S/C31H19BN2/c1-3-16-27-19(8-1)18-20-9-5-13-25-22-11-6-12-23-26-15-7-14-24-21-10-2-4-17-28(21)34(31(24)26)32(29(22)23)33(27)30(20)25/h1-17H,18H2. The van der Waals surface area contributed by atoms with Crippen LogP contribution in [0.5, 0.6) is 0 Å². The summed E-state index contributed by atoms with van der Waals surface area (Å²) in [5.74, 6) is 0. The number of anilines is 2. The topological polar surface area (TPSA) is 8.17 Å². The molecular formula is C31H19BN2. The van der Waals surface area contributed by atoms with Gasteiger partial charge in [-0.2, -0.15) is 0 Å². The number of hydrogen-bond acceptors (Lipinski definition) is 1. The molecule has 3 aliphatic heterocycles. The third kappa shape index (κ3) is 1.85. The number of aromatic nitrogens is 1. The summed E-state index contributed by atoms with van der Waals surface area (Å²) in [6, 6.07) is 38.5. The molecule has 34 heavy (non-hydrogen) atoms. The molecule has 0 unspecified atom stereocenters. The van der Waals surface area contributed by atoms with Crippen LogP contribution < -0.4 is 10.3 Å². The van der Waals surface area contributed by atoms with Gasteiger partial charge < -0.3 is 9.29 Å². The summed E-state index contributed by atoms with van der Waals surface area (Å²) in [6.07, 6.45) is 0.982.